The Morgan fingerprint density at radius 2 is 1.74 bits per heavy atom. The summed E-state index contributed by atoms with van der Waals surface area (Å²) < 4.78 is 2.34. The van der Waals surface area contributed by atoms with E-state index in [9.17, 15) is 0 Å². The maximum Gasteiger partial charge on any atom is 0.0658 e. The number of hydrogen-bond donors (Lipinski definition) is 0. The van der Waals surface area contributed by atoms with Gasteiger partial charge in [0.25, 0.3) is 0 Å². The summed E-state index contributed by atoms with van der Waals surface area (Å²) in [5.74, 6) is 0. The summed E-state index contributed by atoms with van der Waals surface area (Å²) in [5.41, 5.74) is 4.79. The first-order valence-corrected chi connectivity index (χ1v) is 8.92. The van der Waals surface area contributed by atoms with Gasteiger partial charge in [0.2, 0.25) is 0 Å². The van der Waals surface area contributed by atoms with Crippen LogP contribution >= 0.6 is 66.1 Å². The van der Waals surface area contributed by atoms with Gasteiger partial charge in [-0.1, -0.05) is 49.5 Å². The number of halogens is 4. The molecule has 1 unspecified atom stereocenters. The van der Waals surface area contributed by atoms with Crippen LogP contribution in [-0.2, 0) is 0 Å². The van der Waals surface area contributed by atoms with E-state index in [0.29, 0.717) is 0 Å². The van der Waals surface area contributed by atoms with Crippen LogP contribution in [-0.4, -0.2) is 0 Å². The Labute approximate surface area is 149 Å². The Bertz CT molecular complexity index is 626. The molecular formula is C15H12Br2ClI. The molecule has 0 aliphatic carbocycles. The Hall–Kier alpha value is 0.420. The molecule has 0 radical (unpaired) electrons. The summed E-state index contributed by atoms with van der Waals surface area (Å²) >= 11 is 15.9. The van der Waals surface area contributed by atoms with E-state index < -0.39 is 0 Å². The molecule has 0 aliphatic rings. The highest BCUT2D eigenvalue weighted by Crippen LogP contribution is 2.38. The molecule has 0 nitrogen and oxygen atoms in total. The second-order valence-electron chi connectivity index (χ2n) is 4.49. The van der Waals surface area contributed by atoms with Gasteiger partial charge in [0, 0.05) is 13.1 Å². The standard InChI is InChI=1S/C15H12Br2ClI/c1-8-6-14(18)9(2)5-11(8)15(17)12-7-10(19)3-4-13(12)16/h3-7,15H,1-2H3. The molecule has 4 heteroatoms. The van der Waals surface area contributed by atoms with Crippen LogP contribution in [0.1, 0.15) is 27.1 Å². The van der Waals surface area contributed by atoms with E-state index in [1.54, 1.807) is 0 Å². The quantitative estimate of drug-likeness (QED) is 0.305. The molecule has 0 aliphatic heterocycles. The Balaban J connectivity index is 2.52. The van der Waals surface area contributed by atoms with E-state index >= 15 is 0 Å². The van der Waals surface area contributed by atoms with E-state index in [1.165, 1.54) is 20.3 Å². The maximum absolute atomic E-state index is 6.17. The molecule has 0 spiro atoms. The normalized spacial score (nSPS) is 12.5. The molecule has 2 aromatic rings. The van der Waals surface area contributed by atoms with E-state index in [1.807, 2.05) is 13.0 Å². The van der Waals surface area contributed by atoms with Gasteiger partial charge in [-0.3, -0.25) is 0 Å². The number of alkyl halides is 1. The van der Waals surface area contributed by atoms with E-state index in [-0.39, 0.29) is 4.83 Å². The second-order valence-corrected chi connectivity index (χ2v) is 7.91. The lowest BCUT2D eigenvalue weighted by Crippen LogP contribution is -1.99. The molecule has 19 heavy (non-hydrogen) atoms. The van der Waals surface area contributed by atoms with Crippen LogP contribution in [0.15, 0.2) is 34.8 Å². The molecule has 1 atom stereocenters. The summed E-state index contributed by atoms with van der Waals surface area (Å²) in [7, 11) is 0. The molecule has 0 aromatic heterocycles. The topological polar surface area (TPSA) is 0 Å². The minimum absolute atomic E-state index is 0.160. The van der Waals surface area contributed by atoms with Crippen LogP contribution in [0.2, 0.25) is 5.02 Å². The SMILES string of the molecule is Cc1cc(C(Br)c2cc(I)ccc2Br)c(C)cc1Cl. The molecule has 100 valence electrons. The van der Waals surface area contributed by atoms with Gasteiger partial charge in [-0.05, 0) is 83.0 Å². The monoisotopic (exact) mass is 512 g/mol. The Kier molecular flexibility index (Phi) is 5.37. The highest BCUT2D eigenvalue weighted by Gasteiger charge is 2.17. The van der Waals surface area contributed by atoms with E-state index in [4.69, 9.17) is 11.6 Å². The van der Waals surface area contributed by atoms with Gasteiger partial charge in [-0.25, -0.2) is 0 Å². The molecule has 2 aromatic carbocycles. The molecule has 0 bridgehead atoms. The molecule has 0 amide bonds. The zero-order valence-corrected chi connectivity index (χ0v) is 16.6. The zero-order chi connectivity index (χ0) is 14.2. The molecule has 0 saturated carbocycles. The number of benzene rings is 2. The number of hydrogen-bond acceptors (Lipinski definition) is 0. The summed E-state index contributed by atoms with van der Waals surface area (Å²) in [6.45, 7) is 4.13. The second kappa shape index (κ2) is 6.46. The van der Waals surface area contributed by atoms with Crippen molar-refractivity contribution in [1.29, 1.82) is 0 Å². The van der Waals surface area contributed by atoms with Crippen LogP contribution < -0.4 is 0 Å². The largest absolute Gasteiger partial charge is 0.0840 e. The lowest BCUT2D eigenvalue weighted by molar-refractivity contribution is 1.12. The third-order valence-corrected chi connectivity index (χ3v) is 5.84. The molecular weight excluding hydrogens is 502 g/mol. The smallest absolute Gasteiger partial charge is 0.0658 e. The number of rotatable bonds is 2. The zero-order valence-electron chi connectivity index (χ0n) is 10.5. The third-order valence-electron chi connectivity index (χ3n) is 3.05. The van der Waals surface area contributed by atoms with Crippen LogP contribution in [0.5, 0.6) is 0 Å². The van der Waals surface area contributed by atoms with Crippen molar-refractivity contribution in [3.63, 3.8) is 0 Å². The first-order chi connectivity index (χ1) is 8.90. The predicted molar refractivity (Wildman–Crippen MR) is 98.6 cm³/mol. The van der Waals surface area contributed by atoms with Crippen molar-refractivity contribution in [2.75, 3.05) is 0 Å². The number of aryl methyl sites for hydroxylation is 2. The highest BCUT2D eigenvalue weighted by atomic mass is 127. The average molecular weight is 514 g/mol. The molecule has 2 rings (SSSR count). The van der Waals surface area contributed by atoms with Crippen molar-refractivity contribution in [2.24, 2.45) is 0 Å². The van der Waals surface area contributed by atoms with Gasteiger partial charge < -0.3 is 0 Å². The maximum atomic E-state index is 6.17. The van der Waals surface area contributed by atoms with Crippen molar-refractivity contribution in [1.82, 2.24) is 0 Å². The van der Waals surface area contributed by atoms with Crippen molar-refractivity contribution >= 4 is 66.1 Å². The summed E-state index contributed by atoms with van der Waals surface area (Å²) in [4.78, 5) is 0.160. The summed E-state index contributed by atoms with van der Waals surface area (Å²) in [5, 5.41) is 0.822. The Morgan fingerprint density at radius 1 is 1.05 bits per heavy atom. The predicted octanol–water partition coefficient (Wildman–Crippen LogP) is 6.81. The fourth-order valence-electron chi connectivity index (χ4n) is 1.95. The first kappa shape index (κ1) is 15.8. The van der Waals surface area contributed by atoms with E-state index in [2.05, 4.69) is 85.6 Å². The summed E-state index contributed by atoms with van der Waals surface area (Å²) in [6.07, 6.45) is 0. The Morgan fingerprint density at radius 3 is 2.42 bits per heavy atom. The molecule has 0 N–H and O–H groups in total. The van der Waals surface area contributed by atoms with Crippen LogP contribution in [0.25, 0.3) is 0 Å². The highest BCUT2D eigenvalue weighted by molar-refractivity contribution is 14.1. The van der Waals surface area contributed by atoms with Gasteiger partial charge in [-0.2, -0.15) is 0 Å². The molecule has 0 heterocycles. The minimum atomic E-state index is 0.160. The van der Waals surface area contributed by atoms with Gasteiger partial charge in [0.15, 0.2) is 0 Å². The first-order valence-electron chi connectivity index (χ1n) is 5.76. The van der Waals surface area contributed by atoms with Crippen molar-refractivity contribution < 1.29 is 0 Å². The lowest BCUT2D eigenvalue weighted by Gasteiger charge is -2.17. The van der Waals surface area contributed by atoms with Crippen LogP contribution in [0.4, 0.5) is 0 Å². The molecule has 0 saturated heterocycles. The summed E-state index contributed by atoms with van der Waals surface area (Å²) in [6, 6.07) is 10.6. The molecule has 0 fully saturated rings. The lowest BCUT2D eigenvalue weighted by atomic mass is 9.98. The minimum Gasteiger partial charge on any atom is -0.0840 e. The third kappa shape index (κ3) is 3.55. The van der Waals surface area contributed by atoms with Crippen molar-refractivity contribution in [3.8, 4) is 0 Å². The van der Waals surface area contributed by atoms with Gasteiger partial charge in [-0.15, -0.1) is 0 Å². The fourth-order valence-corrected chi connectivity index (χ4v) is 4.34. The van der Waals surface area contributed by atoms with Crippen LogP contribution in [0, 0.1) is 17.4 Å². The van der Waals surface area contributed by atoms with Gasteiger partial charge in [0.1, 0.15) is 0 Å². The van der Waals surface area contributed by atoms with Crippen molar-refractivity contribution in [3.05, 3.63) is 65.7 Å². The van der Waals surface area contributed by atoms with E-state index in [0.717, 1.165) is 15.1 Å². The average Bonchev–Trinajstić information content (AvgIpc) is 2.36. The van der Waals surface area contributed by atoms with Crippen LogP contribution in [0.3, 0.4) is 0 Å². The van der Waals surface area contributed by atoms with Crippen molar-refractivity contribution in [2.45, 2.75) is 18.7 Å². The van der Waals surface area contributed by atoms with Gasteiger partial charge in [0.05, 0.1) is 4.83 Å². The fraction of sp³-hybridized carbons (Fsp3) is 0.200. The van der Waals surface area contributed by atoms with Gasteiger partial charge >= 0.3 is 0 Å².